The Morgan fingerprint density at radius 3 is 2.75 bits per heavy atom. The Morgan fingerprint density at radius 2 is 1.93 bits per heavy atom. The third kappa shape index (κ3) is 3.68. The van der Waals surface area contributed by atoms with Crippen molar-refractivity contribution in [2.75, 3.05) is 13.7 Å². The normalized spacial score (nSPS) is 11.2. The summed E-state index contributed by atoms with van der Waals surface area (Å²) >= 11 is 2.40. The van der Waals surface area contributed by atoms with Crippen LogP contribution in [-0.2, 0) is 11.2 Å². The molecule has 6 nitrogen and oxygen atoms in total. The first kappa shape index (κ1) is 18.7. The predicted molar refractivity (Wildman–Crippen MR) is 107 cm³/mol. The molecule has 2 heterocycles. The third-order valence-electron chi connectivity index (χ3n) is 4.00. The number of fused-ring (bicyclic) bond motifs is 1. The van der Waals surface area contributed by atoms with Gasteiger partial charge in [-0.2, -0.15) is 4.37 Å². The van der Waals surface area contributed by atoms with Crippen LogP contribution < -0.4 is 5.56 Å². The smallest absolute Gasteiger partial charge is 0.266 e. The van der Waals surface area contributed by atoms with Gasteiger partial charge in [0.1, 0.15) is 11.6 Å². The summed E-state index contributed by atoms with van der Waals surface area (Å²) in [6.07, 6.45) is 0.596. The Labute approximate surface area is 168 Å². The fourth-order valence-corrected chi connectivity index (χ4v) is 4.35. The zero-order valence-corrected chi connectivity index (χ0v) is 16.5. The number of hydrogen-bond donors (Lipinski definition) is 0. The molecule has 2 aromatic heterocycles. The molecular weight excluding hydrogens is 399 g/mol. The van der Waals surface area contributed by atoms with E-state index >= 15 is 0 Å². The van der Waals surface area contributed by atoms with E-state index in [-0.39, 0.29) is 11.2 Å². The van der Waals surface area contributed by atoms with E-state index in [1.165, 1.54) is 33.9 Å². The lowest BCUT2D eigenvalue weighted by Gasteiger charge is -2.12. The Morgan fingerprint density at radius 1 is 1.14 bits per heavy atom. The van der Waals surface area contributed by atoms with Gasteiger partial charge in [0, 0.05) is 13.5 Å². The summed E-state index contributed by atoms with van der Waals surface area (Å²) in [7, 11) is 1.62. The fraction of sp³-hybridized carbons (Fsp3) is 0.158. The van der Waals surface area contributed by atoms with E-state index in [1.54, 1.807) is 43.5 Å². The summed E-state index contributed by atoms with van der Waals surface area (Å²) in [5.41, 5.74) is 0.367. The van der Waals surface area contributed by atoms with Crippen molar-refractivity contribution in [3.63, 3.8) is 0 Å². The van der Waals surface area contributed by atoms with Gasteiger partial charge in [-0.3, -0.25) is 9.36 Å². The Bertz CT molecular complexity index is 1190. The molecule has 4 rings (SSSR count). The minimum absolute atomic E-state index is 0.150. The number of nitrogens with zero attached hydrogens (tertiary/aromatic N) is 4. The first-order valence-electron chi connectivity index (χ1n) is 8.43. The van der Waals surface area contributed by atoms with Crippen molar-refractivity contribution in [2.24, 2.45) is 0 Å². The van der Waals surface area contributed by atoms with Crippen molar-refractivity contribution in [3.8, 4) is 5.69 Å². The summed E-state index contributed by atoms with van der Waals surface area (Å²) in [5.74, 6) is 0.163. The summed E-state index contributed by atoms with van der Waals surface area (Å²) in [4.78, 5) is 22.2. The van der Waals surface area contributed by atoms with Gasteiger partial charge in [0.25, 0.3) is 5.56 Å². The third-order valence-corrected chi connectivity index (χ3v) is 5.74. The van der Waals surface area contributed by atoms with Crippen molar-refractivity contribution in [1.29, 1.82) is 0 Å². The molecule has 0 saturated heterocycles. The highest BCUT2D eigenvalue weighted by Crippen LogP contribution is 2.30. The quantitative estimate of drug-likeness (QED) is 0.448. The van der Waals surface area contributed by atoms with Gasteiger partial charge in [-0.1, -0.05) is 24.3 Å². The van der Waals surface area contributed by atoms with Gasteiger partial charge >= 0.3 is 0 Å². The van der Waals surface area contributed by atoms with E-state index in [0.29, 0.717) is 39.3 Å². The first-order valence-corrected chi connectivity index (χ1v) is 10.0. The Kier molecular flexibility index (Phi) is 5.47. The number of halogens is 1. The summed E-state index contributed by atoms with van der Waals surface area (Å²) in [5, 5.41) is 0.761. The van der Waals surface area contributed by atoms with Crippen LogP contribution in [0.2, 0.25) is 0 Å². The van der Waals surface area contributed by atoms with Gasteiger partial charge in [0.15, 0.2) is 9.50 Å². The molecule has 0 radical (unpaired) electrons. The van der Waals surface area contributed by atoms with Crippen LogP contribution in [-0.4, -0.2) is 32.6 Å². The highest BCUT2D eigenvalue weighted by molar-refractivity contribution is 8.00. The predicted octanol–water partition coefficient (Wildman–Crippen LogP) is 3.72. The van der Waals surface area contributed by atoms with E-state index in [0.717, 1.165) is 0 Å². The number of methoxy groups -OCH3 is 1. The minimum atomic E-state index is -0.499. The van der Waals surface area contributed by atoms with Gasteiger partial charge in [-0.15, -0.1) is 0 Å². The first-order chi connectivity index (χ1) is 13.7. The zero-order chi connectivity index (χ0) is 19.5. The molecule has 0 fully saturated rings. The largest absolute Gasteiger partial charge is 0.384 e. The lowest BCUT2D eigenvalue weighted by atomic mass is 10.2. The van der Waals surface area contributed by atoms with E-state index in [2.05, 4.69) is 14.3 Å². The van der Waals surface area contributed by atoms with E-state index in [1.807, 2.05) is 6.07 Å². The topological polar surface area (TPSA) is 69.9 Å². The highest BCUT2D eigenvalue weighted by Gasteiger charge is 2.18. The number of rotatable bonds is 6. The summed E-state index contributed by atoms with van der Waals surface area (Å²) in [6, 6.07) is 13.2. The SMILES string of the molecule is COCCc1nsc(Sc2nc3ccccc3c(=O)n2-c2ccccc2F)n1. The average Bonchev–Trinajstić information content (AvgIpc) is 3.15. The number of benzene rings is 2. The molecule has 0 spiro atoms. The van der Waals surface area contributed by atoms with Crippen molar-refractivity contribution in [1.82, 2.24) is 18.9 Å². The van der Waals surface area contributed by atoms with Crippen molar-refractivity contribution < 1.29 is 9.13 Å². The van der Waals surface area contributed by atoms with Crippen LogP contribution in [0.3, 0.4) is 0 Å². The lowest BCUT2D eigenvalue weighted by molar-refractivity contribution is 0.200. The second kappa shape index (κ2) is 8.17. The van der Waals surface area contributed by atoms with Gasteiger partial charge < -0.3 is 4.74 Å². The van der Waals surface area contributed by atoms with Crippen molar-refractivity contribution >= 4 is 34.2 Å². The molecule has 142 valence electrons. The molecule has 0 aliphatic rings. The molecular formula is C19H15FN4O2S2. The van der Waals surface area contributed by atoms with Gasteiger partial charge in [-0.25, -0.2) is 14.4 Å². The number of aromatic nitrogens is 4. The summed E-state index contributed by atoms with van der Waals surface area (Å²) < 4.78 is 25.7. The highest BCUT2D eigenvalue weighted by atomic mass is 32.2. The van der Waals surface area contributed by atoms with E-state index in [9.17, 15) is 9.18 Å². The van der Waals surface area contributed by atoms with Crippen LogP contribution >= 0.6 is 23.3 Å². The second-order valence-corrected chi connectivity index (χ2v) is 7.79. The van der Waals surface area contributed by atoms with Crippen LogP contribution in [0, 0.1) is 5.82 Å². The molecule has 0 saturated carbocycles. The number of hydrogen-bond acceptors (Lipinski definition) is 7. The molecule has 0 unspecified atom stereocenters. The van der Waals surface area contributed by atoms with Crippen LogP contribution in [0.4, 0.5) is 4.39 Å². The van der Waals surface area contributed by atoms with E-state index < -0.39 is 5.82 Å². The van der Waals surface area contributed by atoms with E-state index in [4.69, 9.17) is 4.74 Å². The Hall–Kier alpha value is -2.62. The van der Waals surface area contributed by atoms with Crippen molar-refractivity contribution in [2.45, 2.75) is 15.9 Å². The van der Waals surface area contributed by atoms with Crippen molar-refractivity contribution in [3.05, 3.63) is 70.5 Å². The minimum Gasteiger partial charge on any atom is -0.384 e. The van der Waals surface area contributed by atoms with Gasteiger partial charge in [0.05, 0.1) is 23.2 Å². The van der Waals surface area contributed by atoms with Crippen LogP contribution in [0.25, 0.3) is 16.6 Å². The van der Waals surface area contributed by atoms with Crippen LogP contribution in [0.5, 0.6) is 0 Å². The average molecular weight is 414 g/mol. The molecule has 0 aliphatic heterocycles. The van der Waals surface area contributed by atoms with Gasteiger partial charge in [0.2, 0.25) is 0 Å². The number of para-hydroxylation sites is 2. The number of ether oxygens (including phenoxy) is 1. The second-order valence-electron chi connectivity index (χ2n) is 5.82. The molecule has 9 heteroatoms. The molecule has 0 bridgehead atoms. The summed E-state index contributed by atoms with van der Waals surface area (Å²) in [6.45, 7) is 0.523. The maximum absolute atomic E-state index is 14.5. The molecule has 0 atom stereocenters. The lowest BCUT2D eigenvalue weighted by Crippen LogP contribution is -2.22. The van der Waals surface area contributed by atoms with Crippen LogP contribution in [0.1, 0.15) is 5.82 Å². The molecule has 2 aromatic carbocycles. The molecule has 28 heavy (non-hydrogen) atoms. The molecule has 4 aromatic rings. The molecule has 0 amide bonds. The monoisotopic (exact) mass is 414 g/mol. The zero-order valence-electron chi connectivity index (χ0n) is 14.8. The fourth-order valence-electron chi connectivity index (χ4n) is 2.68. The maximum atomic E-state index is 14.5. The maximum Gasteiger partial charge on any atom is 0.266 e. The van der Waals surface area contributed by atoms with Gasteiger partial charge in [-0.05, 0) is 47.6 Å². The molecule has 0 N–H and O–H groups in total. The standard InChI is InChI=1S/C19H15FN4O2S2/c1-26-11-10-16-22-19(28-23-16)27-18-21-14-8-4-2-6-12(14)17(25)24(18)15-9-5-3-7-13(15)20/h2-9H,10-11H2,1H3. The van der Waals surface area contributed by atoms with Crippen LogP contribution in [0.15, 0.2) is 62.8 Å². The Balaban J connectivity index is 1.85. The molecule has 0 aliphatic carbocycles.